The van der Waals surface area contributed by atoms with E-state index >= 15 is 0 Å². The lowest BCUT2D eigenvalue weighted by atomic mass is 9.66. The Bertz CT molecular complexity index is 431. The summed E-state index contributed by atoms with van der Waals surface area (Å²) in [6.45, 7) is 4.87. The summed E-state index contributed by atoms with van der Waals surface area (Å²) in [5, 5.41) is 3.07. The summed E-state index contributed by atoms with van der Waals surface area (Å²) in [4.78, 5) is 27.4. The Morgan fingerprint density at radius 1 is 1.10 bits per heavy atom. The molecule has 1 aliphatic heterocycles. The summed E-state index contributed by atoms with van der Waals surface area (Å²) >= 11 is 0. The van der Waals surface area contributed by atoms with Crippen LogP contribution in [0.5, 0.6) is 0 Å². The third-order valence-electron chi connectivity index (χ3n) is 6.26. The molecule has 1 unspecified atom stereocenters. The van der Waals surface area contributed by atoms with Gasteiger partial charge in [-0.25, -0.2) is 0 Å². The van der Waals surface area contributed by atoms with Gasteiger partial charge in [0.1, 0.15) is 11.6 Å². The standard InChI is InChI=1S/C17H28N2O2/c1-3-16(8-7-9-16)12-19-13(2)14(20)18-17(15(19)21)10-5-4-6-11-17/h13H,3-12H2,1-2H3,(H,18,20). The van der Waals surface area contributed by atoms with Gasteiger partial charge in [-0.1, -0.05) is 32.6 Å². The summed E-state index contributed by atoms with van der Waals surface area (Å²) in [6, 6.07) is -0.311. The zero-order chi connectivity index (χ0) is 15.1. The minimum Gasteiger partial charge on any atom is -0.340 e. The molecular weight excluding hydrogens is 264 g/mol. The quantitative estimate of drug-likeness (QED) is 0.869. The zero-order valence-electron chi connectivity index (χ0n) is 13.4. The van der Waals surface area contributed by atoms with Crippen molar-refractivity contribution >= 4 is 11.8 Å². The number of hydrogen-bond donors (Lipinski definition) is 1. The summed E-state index contributed by atoms with van der Waals surface area (Å²) in [7, 11) is 0. The topological polar surface area (TPSA) is 49.4 Å². The van der Waals surface area contributed by atoms with Crippen LogP contribution in [0.1, 0.15) is 71.6 Å². The van der Waals surface area contributed by atoms with Crippen LogP contribution in [-0.2, 0) is 9.59 Å². The average Bonchev–Trinajstić information content (AvgIpc) is 2.45. The average molecular weight is 292 g/mol. The second-order valence-corrected chi connectivity index (χ2v) is 7.45. The van der Waals surface area contributed by atoms with E-state index in [1.165, 1.54) is 25.7 Å². The van der Waals surface area contributed by atoms with Crippen LogP contribution >= 0.6 is 0 Å². The number of amides is 2. The SMILES string of the molecule is CCC1(CN2C(=O)C3(CCCCC3)NC(=O)C2C)CCC1. The molecule has 21 heavy (non-hydrogen) atoms. The van der Waals surface area contributed by atoms with Gasteiger partial charge in [0.15, 0.2) is 0 Å². The molecular formula is C17H28N2O2. The van der Waals surface area contributed by atoms with Gasteiger partial charge in [0, 0.05) is 6.54 Å². The Kier molecular flexibility index (Phi) is 3.74. The van der Waals surface area contributed by atoms with Crippen molar-refractivity contribution in [1.82, 2.24) is 10.2 Å². The number of hydrogen-bond acceptors (Lipinski definition) is 2. The molecule has 0 aromatic rings. The highest BCUT2D eigenvalue weighted by atomic mass is 16.2. The molecule has 1 N–H and O–H groups in total. The maximum Gasteiger partial charge on any atom is 0.249 e. The van der Waals surface area contributed by atoms with E-state index in [1.54, 1.807) is 0 Å². The van der Waals surface area contributed by atoms with Crippen LogP contribution in [0.3, 0.4) is 0 Å². The maximum absolute atomic E-state index is 13.1. The van der Waals surface area contributed by atoms with E-state index in [4.69, 9.17) is 0 Å². The van der Waals surface area contributed by atoms with Crippen molar-refractivity contribution in [2.45, 2.75) is 83.2 Å². The molecule has 0 bridgehead atoms. The summed E-state index contributed by atoms with van der Waals surface area (Å²) in [5.74, 6) is 0.233. The van der Waals surface area contributed by atoms with Crippen molar-refractivity contribution in [3.05, 3.63) is 0 Å². The van der Waals surface area contributed by atoms with Crippen molar-refractivity contribution in [2.24, 2.45) is 5.41 Å². The molecule has 1 spiro atoms. The van der Waals surface area contributed by atoms with Crippen LogP contribution in [0.15, 0.2) is 0 Å². The van der Waals surface area contributed by atoms with Gasteiger partial charge in [-0.05, 0) is 44.4 Å². The van der Waals surface area contributed by atoms with Crippen molar-refractivity contribution in [2.75, 3.05) is 6.54 Å². The normalized spacial score (nSPS) is 31.0. The largest absolute Gasteiger partial charge is 0.340 e. The molecule has 0 radical (unpaired) electrons. The van der Waals surface area contributed by atoms with Crippen LogP contribution in [0.2, 0.25) is 0 Å². The first-order valence-corrected chi connectivity index (χ1v) is 8.65. The van der Waals surface area contributed by atoms with E-state index in [0.29, 0.717) is 0 Å². The van der Waals surface area contributed by atoms with E-state index in [0.717, 1.165) is 38.6 Å². The molecule has 2 aliphatic carbocycles. The van der Waals surface area contributed by atoms with Crippen molar-refractivity contribution in [3.8, 4) is 0 Å². The van der Waals surface area contributed by atoms with Crippen molar-refractivity contribution in [1.29, 1.82) is 0 Å². The summed E-state index contributed by atoms with van der Waals surface area (Å²) in [5.41, 5.74) is -0.308. The summed E-state index contributed by atoms with van der Waals surface area (Å²) < 4.78 is 0. The first-order valence-electron chi connectivity index (χ1n) is 8.65. The van der Waals surface area contributed by atoms with Crippen LogP contribution in [0.25, 0.3) is 0 Å². The minimum absolute atomic E-state index is 0.0436. The van der Waals surface area contributed by atoms with Crippen LogP contribution in [-0.4, -0.2) is 34.8 Å². The van der Waals surface area contributed by atoms with E-state index in [-0.39, 0.29) is 23.3 Å². The van der Waals surface area contributed by atoms with Gasteiger partial charge in [-0.2, -0.15) is 0 Å². The molecule has 2 amide bonds. The molecule has 1 heterocycles. The second-order valence-electron chi connectivity index (χ2n) is 7.45. The Labute approximate surface area is 127 Å². The third kappa shape index (κ3) is 2.36. The van der Waals surface area contributed by atoms with E-state index in [2.05, 4.69) is 12.2 Å². The molecule has 2 saturated carbocycles. The molecule has 3 fully saturated rings. The highest BCUT2D eigenvalue weighted by Crippen LogP contribution is 2.45. The number of carbonyl (C=O) groups is 2. The third-order valence-corrected chi connectivity index (χ3v) is 6.26. The zero-order valence-corrected chi connectivity index (χ0v) is 13.4. The summed E-state index contributed by atoms with van der Waals surface area (Å²) in [6.07, 6.45) is 9.70. The van der Waals surface area contributed by atoms with Crippen molar-refractivity contribution in [3.63, 3.8) is 0 Å². The Morgan fingerprint density at radius 3 is 2.29 bits per heavy atom. The molecule has 0 aromatic heterocycles. The van der Waals surface area contributed by atoms with Gasteiger partial charge in [0.25, 0.3) is 0 Å². The Balaban J connectivity index is 1.83. The molecule has 1 atom stereocenters. The maximum atomic E-state index is 13.1. The number of piperazine rings is 1. The molecule has 3 aliphatic rings. The first kappa shape index (κ1) is 14.9. The fourth-order valence-corrected chi connectivity index (χ4v) is 4.35. The molecule has 118 valence electrons. The molecule has 0 aromatic carbocycles. The van der Waals surface area contributed by atoms with E-state index in [1.807, 2.05) is 11.8 Å². The fourth-order valence-electron chi connectivity index (χ4n) is 4.35. The first-order chi connectivity index (χ1) is 10.0. The highest BCUT2D eigenvalue weighted by Gasteiger charge is 2.51. The minimum atomic E-state index is -0.583. The number of rotatable bonds is 3. The van der Waals surface area contributed by atoms with E-state index in [9.17, 15) is 9.59 Å². The van der Waals surface area contributed by atoms with Gasteiger partial charge in [0.2, 0.25) is 11.8 Å². The van der Waals surface area contributed by atoms with E-state index < -0.39 is 5.54 Å². The number of carbonyl (C=O) groups excluding carboxylic acids is 2. The smallest absolute Gasteiger partial charge is 0.249 e. The van der Waals surface area contributed by atoms with Crippen molar-refractivity contribution < 1.29 is 9.59 Å². The van der Waals surface area contributed by atoms with Crippen LogP contribution < -0.4 is 5.32 Å². The lowest BCUT2D eigenvalue weighted by Crippen LogP contribution is -2.71. The van der Waals surface area contributed by atoms with Crippen LogP contribution in [0.4, 0.5) is 0 Å². The number of nitrogens with one attached hydrogen (secondary N) is 1. The van der Waals surface area contributed by atoms with Gasteiger partial charge in [0.05, 0.1) is 0 Å². The van der Waals surface area contributed by atoms with Gasteiger partial charge >= 0.3 is 0 Å². The Morgan fingerprint density at radius 2 is 1.76 bits per heavy atom. The highest BCUT2D eigenvalue weighted by molar-refractivity contribution is 5.99. The lowest BCUT2D eigenvalue weighted by Gasteiger charge is -2.51. The second kappa shape index (κ2) is 5.29. The molecule has 1 saturated heterocycles. The van der Waals surface area contributed by atoms with Crippen LogP contribution in [0, 0.1) is 5.41 Å². The van der Waals surface area contributed by atoms with Gasteiger partial charge in [-0.15, -0.1) is 0 Å². The van der Waals surface area contributed by atoms with Gasteiger partial charge in [-0.3, -0.25) is 9.59 Å². The van der Waals surface area contributed by atoms with Gasteiger partial charge < -0.3 is 10.2 Å². The molecule has 3 rings (SSSR count). The molecule has 4 heteroatoms. The Hall–Kier alpha value is -1.06. The predicted molar refractivity (Wildman–Crippen MR) is 81.7 cm³/mol. The monoisotopic (exact) mass is 292 g/mol. The predicted octanol–water partition coefficient (Wildman–Crippen LogP) is 2.62. The number of nitrogens with zero attached hydrogens (tertiary/aromatic N) is 1. The lowest BCUT2D eigenvalue weighted by molar-refractivity contribution is -0.159. The fraction of sp³-hybridized carbons (Fsp3) is 0.882. The molecule has 4 nitrogen and oxygen atoms in total.